The summed E-state index contributed by atoms with van der Waals surface area (Å²) in [5.41, 5.74) is 0.748. The Balaban J connectivity index is 1.67. The van der Waals surface area contributed by atoms with Gasteiger partial charge in [0.1, 0.15) is 6.10 Å². The third kappa shape index (κ3) is 3.68. The fourth-order valence-electron chi connectivity index (χ4n) is 2.72. The van der Waals surface area contributed by atoms with Crippen LogP contribution in [0.15, 0.2) is 41.4 Å². The average molecular weight is 386 g/mol. The van der Waals surface area contributed by atoms with Gasteiger partial charge in [0.05, 0.1) is 23.5 Å². The van der Waals surface area contributed by atoms with Gasteiger partial charge in [-0.2, -0.15) is 17.5 Å². The van der Waals surface area contributed by atoms with E-state index in [9.17, 15) is 21.6 Å². The van der Waals surface area contributed by atoms with Crippen molar-refractivity contribution in [1.29, 1.82) is 0 Å². The van der Waals surface area contributed by atoms with Gasteiger partial charge in [0.15, 0.2) is 0 Å². The van der Waals surface area contributed by atoms with E-state index >= 15 is 0 Å². The van der Waals surface area contributed by atoms with E-state index < -0.39 is 27.9 Å². The van der Waals surface area contributed by atoms with Gasteiger partial charge in [0.25, 0.3) is 0 Å². The van der Waals surface area contributed by atoms with Crippen molar-refractivity contribution in [2.75, 3.05) is 13.1 Å². The molecular weight excluding hydrogens is 369 g/mol. The van der Waals surface area contributed by atoms with Crippen LogP contribution < -0.4 is 4.74 Å². The largest absolute Gasteiger partial charge is 0.472 e. The van der Waals surface area contributed by atoms with Crippen molar-refractivity contribution in [2.45, 2.75) is 31.0 Å². The molecule has 0 spiro atoms. The highest BCUT2D eigenvalue weighted by atomic mass is 32.2. The van der Waals surface area contributed by atoms with Crippen LogP contribution in [0, 0.1) is 13.8 Å². The first kappa shape index (κ1) is 18.7. The summed E-state index contributed by atoms with van der Waals surface area (Å²) in [7, 11) is -3.65. The Hall–Kier alpha value is -2.13. The van der Waals surface area contributed by atoms with Crippen molar-refractivity contribution in [1.82, 2.24) is 9.29 Å². The summed E-state index contributed by atoms with van der Waals surface area (Å²) in [5.74, 6) is -0.173. The third-order valence-corrected chi connectivity index (χ3v) is 6.10. The summed E-state index contributed by atoms with van der Waals surface area (Å²) in [4.78, 5) is 3.97. The van der Waals surface area contributed by atoms with Gasteiger partial charge in [0, 0.05) is 12.3 Å². The van der Waals surface area contributed by atoms with Crippen LogP contribution >= 0.6 is 0 Å². The maximum atomic E-state index is 12.7. The predicted molar refractivity (Wildman–Crippen MR) is 88.3 cm³/mol. The van der Waals surface area contributed by atoms with Gasteiger partial charge in [-0.1, -0.05) is 17.7 Å². The third-order valence-electron chi connectivity index (χ3n) is 4.11. The second-order valence-electron chi connectivity index (χ2n) is 6.21. The van der Waals surface area contributed by atoms with Crippen LogP contribution in [0.1, 0.15) is 16.7 Å². The number of hydrogen-bond acceptors (Lipinski definition) is 4. The lowest BCUT2D eigenvalue weighted by Crippen LogP contribution is -2.56. The number of ether oxygens (including phenoxy) is 1. The van der Waals surface area contributed by atoms with E-state index in [1.54, 1.807) is 25.1 Å². The van der Waals surface area contributed by atoms with Crippen molar-refractivity contribution in [2.24, 2.45) is 0 Å². The molecule has 0 bridgehead atoms. The summed E-state index contributed by atoms with van der Waals surface area (Å²) in [6.45, 7) is 3.72. The summed E-state index contributed by atoms with van der Waals surface area (Å²) < 4.78 is 70.0. The molecule has 1 aliphatic heterocycles. The fourth-order valence-corrected chi connectivity index (χ4v) is 4.43. The second-order valence-corrected chi connectivity index (χ2v) is 8.12. The quantitative estimate of drug-likeness (QED) is 0.810. The molecule has 0 aliphatic carbocycles. The van der Waals surface area contributed by atoms with Gasteiger partial charge >= 0.3 is 6.18 Å². The first-order valence-corrected chi connectivity index (χ1v) is 9.29. The van der Waals surface area contributed by atoms with Gasteiger partial charge in [0.2, 0.25) is 15.9 Å². The van der Waals surface area contributed by atoms with Crippen molar-refractivity contribution in [3.63, 3.8) is 0 Å². The Morgan fingerprint density at radius 1 is 1.15 bits per heavy atom. The van der Waals surface area contributed by atoms with Gasteiger partial charge in [-0.25, -0.2) is 13.4 Å². The highest BCUT2D eigenvalue weighted by molar-refractivity contribution is 7.89. The van der Waals surface area contributed by atoms with E-state index in [0.717, 1.165) is 23.9 Å². The minimum Gasteiger partial charge on any atom is -0.472 e. The molecule has 2 heterocycles. The molecule has 26 heavy (non-hydrogen) atoms. The molecule has 5 nitrogen and oxygen atoms in total. The van der Waals surface area contributed by atoms with Crippen LogP contribution in [-0.4, -0.2) is 36.9 Å². The summed E-state index contributed by atoms with van der Waals surface area (Å²) >= 11 is 0. The molecule has 9 heteroatoms. The molecule has 0 unspecified atom stereocenters. The zero-order valence-corrected chi connectivity index (χ0v) is 14.9. The van der Waals surface area contributed by atoms with Crippen molar-refractivity contribution >= 4 is 10.0 Å². The first-order valence-electron chi connectivity index (χ1n) is 7.84. The Labute approximate surface area is 149 Å². The van der Waals surface area contributed by atoms with Crippen LogP contribution in [0.3, 0.4) is 0 Å². The number of benzene rings is 1. The summed E-state index contributed by atoms with van der Waals surface area (Å²) in [6.07, 6.45) is -4.01. The molecule has 2 aromatic rings. The van der Waals surface area contributed by atoms with Crippen molar-refractivity contribution in [3.8, 4) is 5.88 Å². The number of pyridine rings is 1. The number of sulfonamides is 1. The van der Waals surface area contributed by atoms with Crippen molar-refractivity contribution < 1.29 is 26.3 Å². The van der Waals surface area contributed by atoms with Crippen LogP contribution in [0.2, 0.25) is 0 Å². The van der Waals surface area contributed by atoms with E-state index in [-0.39, 0.29) is 23.9 Å². The molecule has 0 saturated carbocycles. The first-order chi connectivity index (χ1) is 12.1. The summed E-state index contributed by atoms with van der Waals surface area (Å²) in [5, 5.41) is 0. The Morgan fingerprint density at radius 2 is 1.85 bits per heavy atom. The molecule has 0 radical (unpaired) electrons. The van der Waals surface area contributed by atoms with E-state index in [1.807, 2.05) is 6.92 Å². The molecule has 3 rings (SSSR count). The van der Waals surface area contributed by atoms with Gasteiger partial charge in [-0.05, 0) is 31.5 Å². The number of halogens is 3. The molecule has 0 amide bonds. The number of rotatable bonds is 4. The Morgan fingerprint density at radius 3 is 2.46 bits per heavy atom. The van der Waals surface area contributed by atoms with Crippen LogP contribution in [0.5, 0.6) is 5.88 Å². The van der Waals surface area contributed by atoms with Gasteiger partial charge < -0.3 is 4.74 Å². The molecule has 1 fully saturated rings. The number of alkyl halides is 3. The van der Waals surface area contributed by atoms with Crippen LogP contribution in [0.4, 0.5) is 13.2 Å². The average Bonchev–Trinajstić information content (AvgIpc) is 2.49. The normalized spacial score (nSPS) is 16.3. The minimum absolute atomic E-state index is 0.0631. The predicted octanol–water partition coefficient (Wildman–Crippen LogP) is 3.17. The van der Waals surface area contributed by atoms with Gasteiger partial charge in [-0.3, -0.25) is 0 Å². The highest BCUT2D eigenvalue weighted by Gasteiger charge is 2.39. The number of hydrogen-bond donors (Lipinski definition) is 0. The molecule has 1 aromatic carbocycles. The number of aryl methyl sites for hydroxylation is 2. The SMILES string of the molecule is Cc1ccc(S(=O)(=O)N2CC(Oc3cc(C(F)(F)F)ccn3)C2)c(C)c1. The zero-order chi connectivity index (χ0) is 19.1. The smallest absolute Gasteiger partial charge is 0.416 e. The monoisotopic (exact) mass is 386 g/mol. The Bertz CT molecular complexity index is 923. The van der Waals surface area contributed by atoms with Gasteiger partial charge in [-0.15, -0.1) is 0 Å². The molecule has 0 atom stereocenters. The Kier molecular flexibility index (Phi) is 4.70. The molecule has 0 N–H and O–H groups in total. The van der Waals surface area contributed by atoms with Crippen molar-refractivity contribution in [3.05, 3.63) is 53.2 Å². The maximum absolute atomic E-state index is 12.7. The van der Waals surface area contributed by atoms with E-state index in [2.05, 4.69) is 4.98 Å². The number of aromatic nitrogens is 1. The lowest BCUT2D eigenvalue weighted by atomic mass is 10.2. The molecular formula is C17H17F3N2O3S. The van der Waals surface area contributed by atoms with E-state index in [1.165, 1.54) is 4.31 Å². The molecule has 1 aromatic heterocycles. The topological polar surface area (TPSA) is 59.5 Å². The number of nitrogens with zero attached hydrogens (tertiary/aromatic N) is 2. The highest BCUT2D eigenvalue weighted by Crippen LogP contribution is 2.31. The zero-order valence-electron chi connectivity index (χ0n) is 14.1. The lowest BCUT2D eigenvalue weighted by molar-refractivity contribution is -0.137. The molecule has 140 valence electrons. The second kappa shape index (κ2) is 6.55. The van der Waals surface area contributed by atoms with E-state index in [0.29, 0.717) is 5.56 Å². The maximum Gasteiger partial charge on any atom is 0.416 e. The lowest BCUT2D eigenvalue weighted by Gasteiger charge is -2.37. The molecule has 1 aliphatic rings. The van der Waals surface area contributed by atoms with Crippen LogP contribution in [0.25, 0.3) is 0 Å². The van der Waals surface area contributed by atoms with E-state index in [4.69, 9.17) is 4.74 Å². The fraction of sp³-hybridized carbons (Fsp3) is 0.353. The van der Waals surface area contributed by atoms with Crippen LogP contribution in [-0.2, 0) is 16.2 Å². The molecule has 1 saturated heterocycles. The summed E-state index contributed by atoms with van der Waals surface area (Å²) in [6, 6.07) is 6.72. The minimum atomic E-state index is -4.49. The standard InChI is InChI=1S/C17H17F3N2O3S/c1-11-3-4-15(12(2)7-11)26(23,24)22-9-14(10-22)25-16-8-13(5-6-21-16)17(18,19)20/h3-8,14H,9-10H2,1-2H3.